The van der Waals surface area contributed by atoms with Crippen LogP contribution in [-0.2, 0) is 9.31 Å². The number of hydrogen-bond donors (Lipinski definition) is 0. The molecule has 0 spiro atoms. The van der Waals surface area contributed by atoms with Crippen molar-refractivity contribution in [2.24, 2.45) is 0 Å². The van der Waals surface area contributed by atoms with Gasteiger partial charge >= 0.3 is 7.12 Å². The molecule has 5 aromatic carbocycles. The summed E-state index contributed by atoms with van der Waals surface area (Å²) in [6.45, 7) is 7.42. The fourth-order valence-corrected chi connectivity index (χ4v) is 4.71. The number of para-hydroxylation sites is 1. The van der Waals surface area contributed by atoms with Crippen molar-refractivity contribution < 1.29 is 28.8 Å². The standard InChI is InChI=1S/C34H29BO3/c1-33(2)34(3,4)38-35(37-33)27-10-7-9-22(21-27)23-15-16-25-20-26(18-17-24(25)19-23)28-12-8-14-31-32(28)29-11-5-6-13-30(29)36-31/h5-21H,1-4H3/i5D,6D,7D,8D,9D,10D,11D,12D,13D,14D,21D. The van der Waals surface area contributed by atoms with E-state index in [1.807, 2.05) is 27.7 Å². The van der Waals surface area contributed by atoms with Crippen LogP contribution >= 0.6 is 0 Å². The molecule has 0 N–H and O–H groups in total. The maximum atomic E-state index is 9.09. The van der Waals surface area contributed by atoms with Crippen molar-refractivity contribution in [3.8, 4) is 22.3 Å². The summed E-state index contributed by atoms with van der Waals surface area (Å²) in [5.74, 6) is 0. The number of fused-ring (bicyclic) bond motifs is 4. The molecule has 1 aromatic heterocycles. The molecule has 2 heterocycles. The van der Waals surface area contributed by atoms with Crippen LogP contribution in [0.15, 0.2) is 107 Å². The van der Waals surface area contributed by atoms with Gasteiger partial charge in [-0.15, -0.1) is 0 Å². The van der Waals surface area contributed by atoms with E-state index in [0.29, 0.717) is 21.9 Å². The van der Waals surface area contributed by atoms with E-state index in [1.165, 1.54) is 0 Å². The Morgan fingerprint density at radius 3 is 2.11 bits per heavy atom. The van der Waals surface area contributed by atoms with Crippen molar-refractivity contribution in [1.82, 2.24) is 0 Å². The molecule has 0 unspecified atom stereocenters. The van der Waals surface area contributed by atoms with E-state index >= 15 is 0 Å². The third kappa shape index (κ3) is 3.67. The van der Waals surface area contributed by atoms with Gasteiger partial charge in [0.05, 0.1) is 26.3 Å². The van der Waals surface area contributed by atoms with Crippen LogP contribution in [0.25, 0.3) is 55.0 Å². The second-order valence-corrected chi connectivity index (χ2v) is 10.4. The lowest BCUT2D eigenvalue weighted by Gasteiger charge is -2.32. The number of benzene rings is 5. The molecule has 4 heteroatoms. The highest BCUT2D eigenvalue weighted by Crippen LogP contribution is 2.39. The van der Waals surface area contributed by atoms with Crippen molar-refractivity contribution in [3.63, 3.8) is 0 Å². The molecule has 6 aromatic rings. The number of furan rings is 1. The second-order valence-electron chi connectivity index (χ2n) is 10.4. The van der Waals surface area contributed by atoms with E-state index in [0.717, 1.165) is 0 Å². The lowest BCUT2D eigenvalue weighted by Crippen LogP contribution is -2.41. The first-order valence-electron chi connectivity index (χ1n) is 17.8. The molecule has 0 aliphatic carbocycles. The van der Waals surface area contributed by atoms with E-state index in [1.54, 1.807) is 36.4 Å². The highest BCUT2D eigenvalue weighted by atomic mass is 16.7. The summed E-state index contributed by atoms with van der Waals surface area (Å²) in [7, 11) is -1.07. The van der Waals surface area contributed by atoms with Gasteiger partial charge in [0.15, 0.2) is 0 Å². The Morgan fingerprint density at radius 1 is 0.658 bits per heavy atom. The highest BCUT2D eigenvalue weighted by Gasteiger charge is 2.51. The molecule has 0 radical (unpaired) electrons. The molecule has 3 nitrogen and oxygen atoms in total. The largest absolute Gasteiger partial charge is 0.494 e. The van der Waals surface area contributed by atoms with Crippen LogP contribution in [0.1, 0.15) is 42.8 Å². The highest BCUT2D eigenvalue weighted by molar-refractivity contribution is 6.62. The maximum absolute atomic E-state index is 9.09. The summed E-state index contributed by atoms with van der Waals surface area (Å²) in [5.41, 5.74) is -0.420. The Bertz CT molecular complexity index is 2420. The lowest BCUT2D eigenvalue weighted by atomic mass is 9.78. The van der Waals surface area contributed by atoms with Crippen LogP contribution < -0.4 is 5.46 Å². The molecule has 0 saturated carbocycles. The third-order valence-corrected chi connectivity index (χ3v) is 7.50. The lowest BCUT2D eigenvalue weighted by molar-refractivity contribution is 0.00578. The van der Waals surface area contributed by atoms with Gasteiger partial charge in [0.25, 0.3) is 0 Å². The molecule has 1 saturated heterocycles. The predicted molar refractivity (Wildman–Crippen MR) is 158 cm³/mol. The Balaban J connectivity index is 1.41. The molecule has 7 rings (SSSR count). The van der Waals surface area contributed by atoms with E-state index in [9.17, 15) is 0 Å². The molecule has 38 heavy (non-hydrogen) atoms. The molecular formula is C34H29BO3. The van der Waals surface area contributed by atoms with Crippen molar-refractivity contribution >= 4 is 45.3 Å². The van der Waals surface area contributed by atoms with Crippen LogP contribution in [0.2, 0.25) is 0 Å². The van der Waals surface area contributed by atoms with Crippen LogP contribution in [0.3, 0.4) is 0 Å². The molecule has 186 valence electrons. The monoisotopic (exact) mass is 507 g/mol. The minimum atomic E-state index is -1.07. The SMILES string of the molecule is [2H]c1c([2H])c(B2OC(C)(C)C(C)(C)O2)c([2H])c(-c2ccc3cc(-c4c([2H])c([2H])c([2H])c5oc6c([2H])c([2H])c([2H])c([2H])c6c45)ccc3c2)c1[2H]. The predicted octanol–water partition coefficient (Wildman–Crippen LogP) is 8.37. The van der Waals surface area contributed by atoms with Gasteiger partial charge in [0.2, 0.25) is 0 Å². The molecular weight excluding hydrogens is 467 g/mol. The molecule has 1 aliphatic heterocycles. The average molecular weight is 507 g/mol. The van der Waals surface area contributed by atoms with E-state index in [-0.39, 0.29) is 74.8 Å². The van der Waals surface area contributed by atoms with Crippen LogP contribution in [0, 0.1) is 0 Å². The van der Waals surface area contributed by atoms with Gasteiger partial charge in [-0.05, 0) is 90.4 Å². The van der Waals surface area contributed by atoms with Gasteiger partial charge in [-0.3, -0.25) is 0 Å². The fraction of sp³-hybridized carbons (Fsp3) is 0.176. The summed E-state index contributed by atoms with van der Waals surface area (Å²) in [6, 6.07) is 6.44. The summed E-state index contributed by atoms with van der Waals surface area (Å²) < 4.78 is 112. The van der Waals surface area contributed by atoms with Crippen LogP contribution in [0.5, 0.6) is 0 Å². The molecule has 1 fully saturated rings. The topological polar surface area (TPSA) is 31.6 Å². The second kappa shape index (κ2) is 8.32. The van der Waals surface area contributed by atoms with Gasteiger partial charge in [-0.1, -0.05) is 78.6 Å². The van der Waals surface area contributed by atoms with Gasteiger partial charge in [-0.2, -0.15) is 0 Å². The van der Waals surface area contributed by atoms with Crippen LogP contribution in [0.4, 0.5) is 0 Å². The molecule has 0 amide bonds. The summed E-state index contributed by atoms with van der Waals surface area (Å²) in [4.78, 5) is 0. The van der Waals surface area contributed by atoms with Gasteiger partial charge in [0.1, 0.15) is 11.2 Å². The molecule has 0 atom stereocenters. The Kier molecular flexibility index (Phi) is 3.14. The van der Waals surface area contributed by atoms with E-state index in [2.05, 4.69) is 0 Å². The zero-order valence-corrected chi connectivity index (χ0v) is 21.3. The Hall–Kier alpha value is -3.86. The Labute approximate surface area is 238 Å². The average Bonchev–Trinajstić information content (AvgIpc) is 3.54. The first-order valence-corrected chi connectivity index (χ1v) is 12.3. The van der Waals surface area contributed by atoms with Crippen molar-refractivity contribution in [2.45, 2.75) is 38.9 Å². The Morgan fingerprint density at radius 2 is 1.32 bits per heavy atom. The minimum absolute atomic E-state index is 0.0289. The van der Waals surface area contributed by atoms with Gasteiger partial charge in [0, 0.05) is 10.8 Å². The summed E-state index contributed by atoms with van der Waals surface area (Å²) in [6.07, 6.45) is 0. The molecule has 1 aliphatic rings. The van der Waals surface area contributed by atoms with Crippen molar-refractivity contribution in [1.29, 1.82) is 0 Å². The van der Waals surface area contributed by atoms with Gasteiger partial charge in [-0.25, -0.2) is 0 Å². The summed E-state index contributed by atoms with van der Waals surface area (Å²) in [5, 5.41) is 1.54. The zero-order valence-electron chi connectivity index (χ0n) is 32.3. The third-order valence-electron chi connectivity index (χ3n) is 7.50. The van der Waals surface area contributed by atoms with E-state index < -0.39 is 48.5 Å². The van der Waals surface area contributed by atoms with Crippen molar-refractivity contribution in [3.05, 3.63) is 103 Å². The number of hydrogen-bond acceptors (Lipinski definition) is 3. The molecule has 0 bridgehead atoms. The maximum Gasteiger partial charge on any atom is 0.494 e. The first-order chi connectivity index (χ1) is 22.9. The normalized spacial score (nSPS) is 20.6. The minimum Gasteiger partial charge on any atom is -0.456 e. The van der Waals surface area contributed by atoms with Crippen LogP contribution in [-0.4, -0.2) is 18.3 Å². The van der Waals surface area contributed by atoms with Gasteiger partial charge < -0.3 is 13.7 Å². The van der Waals surface area contributed by atoms with Crippen molar-refractivity contribution in [2.75, 3.05) is 0 Å². The quantitative estimate of drug-likeness (QED) is 0.226. The zero-order chi connectivity index (χ0) is 35.6. The summed E-state index contributed by atoms with van der Waals surface area (Å²) >= 11 is 0. The first kappa shape index (κ1) is 14.3. The fourth-order valence-electron chi connectivity index (χ4n) is 4.71. The smallest absolute Gasteiger partial charge is 0.456 e. The number of rotatable bonds is 3. The van der Waals surface area contributed by atoms with E-state index in [4.69, 9.17) is 28.8 Å².